The van der Waals surface area contributed by atoms with E-state index in [1.165, 1.54) is 11.5 Å². The first kappa shape index (κ1) is 13.2. The highest BCUT2D eigenvalue weighted by molar-refractivity contribution is 7.09. The topological polar surface area (TPSA) is 69.6 Å². The van der Waals surface area contributed by atoms with E-state index in [0.717, 1.165) is 37.1 Å². The van der Waals surface area contributed by atoms with Crippen LogP contribution in [-0.4, -0.2) is 57.6 Å². The van der Waals surface area contributed by atoms with Gasteiger partial charge in [0.05, 0.1) is 0 Å². The average molecular weight is 270 g/mol. The highest BCUT2D eigenvalue weighted by atomic mass is 32.1. The van der Waals surface area contributed by atoms with Crippen LogP contribution in [0.4, 0.5) is 5.13 Å². The monoisotopic (exact) mass is 270 g/mol. The Balaban J connectivity index is 1.93. The van der Waals surface area contributed by atoms with E-state index in [1.807, 2.05) is 18.7 Å². The molecule has 0 aromatic carbocycles. The van der Waals surface area contributed by atoms with Crippen LogP contribution in [0.3, 0.4) is 0 Å². The van der Waals surface area contributed by atoms with E-state index in [9.17, 15) is 4.79 Å². The van der Waals surface area contributed by atoms with E-state index in [1.54, 1.807) is 0 Å². The number of anilines is 1. The smallest absolute Gasteiger partial charge is 0.320 e. The minimum Gasteiger partial charge on any atom is -0.480 e. The lowest BCUT2D eigenvalue weighted by atomic mass is 10.1. The van der Waals surface area contributed by atoms with Gasteiger partial charge in [-0.2, -0.15) is 4.37 Å². The third-order valence-electron chi connectivity index (χ3n) is 3.21. The van der Waals surface area contributed by atoms with Gasteiger partial charge in [-0.05, 0) is 13.3 Å². The van der Waals surface area contributed by atoms with Crippen molar-refractivity contribution in [3.05, 3.63) is 5.82 Å². The molecule has 100 valence electrons. The Bertz CT molecular complexity index is 415. The van der Waals surface area contributed by atoms with Crippen LogP contribution in [0.2, 0.25) is 0 Å². The molecule has 0 aliphatic carbocycles. The van der Waals surface area contributed by atoms with Crippen molar-refractivity contribution in [1.29, 1.82) is 0 Å². The summed E-state index contributed by atoms with van der Waals surface area (Å²) in [7, 11) is 0. The van der Waals surface area contributed by atoms with Gasteiger partial charge in [0.25, 0.3) is 0 Å². The fraction of sp³-hybridized carbons (Fsp3) is 0.727. The zero-order chi connectivity index (χ0) is 13.1. The highest BCUT2D eigenvalue weighted by Gasteiger charge is 2.28. The normalized spacial score (nSPS) is 18.9. The molecule has 0 spiro atoms. The van der Waals surface area contributed by atoms with Crippen molar-refractivity contribution < 1.29 is 9.90 Å². The predicted molar refractivity (Wildman–Crippen MR) is 70.1 cm³/mol. The maximum atomic E-state index is 11.1. The molecule has 1 N–H and O–H groups in total. The quantitative estimate of drug-likeness (QED) is 0.874. The fourth-order valence-electron chi connectivity index (χ4n) is 2.23. The molecule has 0 radical (unpaired) electrons. The first-order chi connectivity index (χ1) is 8.61. The van der Waals surface area contributed by atoms with Gasteiger partial charge in [0.2, 0.25) is 5.13 Å². The van der Waals surface area contributed by atoms with Crippen molar-refractivity contribution in [2.24, 2.45) is 0 Å². The number of carboxylic acids is 1. The molecule has 6 nitrogen and oxygen atoms in total. The van der Waals surface area contributed by atoms with Gasteiger partial charge in [-0.3, -0.25) is 9.69 Å². The molecule has 0 amide bonds. The Morgan fingerprint density at radius 2 is 2.11 bits per heavy atom. The molecular weight excluding hydrogens is 252 g/mol. The van der Waals surface area contributed by atoms with Gasteiger partial charge in [0, 0.05) is 37.7 Å². The molecular formula is C11H18N4O2S. The number of aliphatic carboxylic acids is 1. The maximum Gasteiger partial charge on any atom is 0.320 e. The summed E-state index contributed by atoms with van der Waals surface area (Å²) in [4.78, 5) is 19.7. The Kier molecular flexibility index (Phi) is 4.13. The summed E-state index contributed by atoms with van der Waals surface area (Å²) >= 11 is 1.41. The SMILES string of the molecule is CC[C@H](C(=O)O)N1CCN(c2nc(C)ns2)CC1. The zero-order valence-electron chi connectivity index (χ0n) is 10.7. The summed E-state index contributed by atoms with van der Waals surface area (Å²) in [6.07, 6.45) is 0.646. The van der Waals surface area contributed by atoms with Crippen LogP contribution < -0.4 is 4.90 Å². The molecule has 7 heteroatoms. The van der Waals surface area contributed by atoms with Crippen molar-refractivity contribution in [2.75, 3.05) is 31.1 Å². The van der Waals surface area contributed by atoms with Gasteiger partial charge >= 0.3 is 5.97 Å². The second-order valence-corrected chi connectivity index (χ2v) is 5.14. The van der Waals surface area contributed by atoms with Crippen LogP contribution in [-0.2, 0) is 4.79 Å². The number of carbonyl (C=O) groups is 1. The molecule has 1 saturated heterocycles. The molecule has 0 saturated carbocycles. The third kappa shape index (κ3) is 2.78. The van der Waals surface area contributed by atoms with Gasteiger partial charge in [0.1, 0.15) is 11.9 Å². The largest absolute Gasteiger partial charge is 0.480 e. The van der Waals surface area contributed by atoms with Crippen molar-refractivity contribution in [2.45, 2.75) is 26.3 Å². The van der Waals surface area contributed by atoms with E-state index in [2.05, 4.69) is 14.3 Å². The fourth-order valence-corrected chi connectivity index (χ4v) is 2.95. The summed E-state index contributed by atoms with van der Waals surface area (Å²) < 4.78 is 4.17. The predicted octanol–water partition coefficient (Wildman–Crippen LogP) is 0.832. The van der Waals surface area contributed by atoms with Crippen molar-refractivity contribution in [1.82, 2.24) is 14.3 Å². The molecule has 1 atom stereocenters. The van der Waals surface area contributed by atoms with E-state index in [4.69, 9.17) is 5.11 Å². The van der Waals surface area contributed by atoms with E-state index < -0.39 is 5.97 Å². The standard InChI is InChI=1S/C11H18N4O2S/c1-3-9(10(16)17)14-4-6-15(7-5-14)11-12-8(2)13-18-11/h9H,3-7H2,1-2H3,(H,16,17)/t9-/m1/s1. The van der Waals surface area contributed by atoms with Gasteiger partial charge in [0.15, 0.2) is 0 Å². The second kappa shape index (κ2) is 5.62. The summed E-state index contributed by atoms with van der Waals surface area (Å²) in [6, 6.07) is -0.358. The minimum atomic E-state index is -0.724. The molecule has 0 unspecified atom stereocenters. The Hall–Kier alpha value is -1.21. The van der Waals surface area contributed by atoms with Crippen LogP contribution in [0, 0.1) is 6.92 Å². The molecule has 1 aliphatic heterocycles. The molecule has 2 rings (SSSR count). The number of nitrogens with zero attached hydrogens (tertiary/aromatic N) is 4. The summed E-state index contributed by atoms with van der Waals surface area (Å²) in [5.74, 6) is 0.0760. The Labute approximate surface area is 110 Å². The lowest BCUT2D eigenvalue weighted by Gasteiger charge is -2.37. The number of rotatable bonds is 4. The molecule has 2 heterocycles. The third-order valence-corrected chi connectivity index (χ3v) is 4.08. The first-order valence-electron chi connectivity index (χ1n) is 6.14. The number of aromatic nitrogens is 2. The van der Waals surface area contributed by atoms with E-state index in [0.29, 0.717) is 6.42 Å². The van der Waals surface area contributed by atoms with Crippen LogP contribution in [0.25, 0.3) is 0 Å². The minimum absolute atomic E-state index is 0.358. The van der Waals surface area contributed by atoms with Crippen LogP contribution in [0.5, 0.6) is 0 Å². The Morgan fingerprint density at radius 3 is 2.56 bits per heavy atom. The van der Waals surface area contributed by atoms with Crippen LogP contribution in [0.15, 0.2) is 0 Å². The summed E-state index contributed by atoms with van der Waals surface area (Å²) in [5, 5.41) is 10.1. The Morgan fingerprint density at radius 1 is 1.44 bits per heavy atom. The number of carboxylic acid groups (broad SMARTS) is 1. The van der Waals surface area contributed by atoms with Gasteiger partial charge in [-0.15, -0.1) is 0 Å². The lowest BCUT2D eigenvalue weighted by molar-refractivity contribution is -0.143. The van der Waals surface area contributed by atoms with E-state index in [-0.39, 0.29) is 6.04 Å². The van der Waals surface area contributed by atoms with Crippen molar-refractivity contribution in [3.63, 3.8) is 0 Å². The zero-order valence-corrected chi connectivity index (χ0v) is 11.5. The van der Waals surface area contributed by atoms with Crippen molar-refractivity contribution >= 4 is 22.6 Å². The first-order valence-corrected chi connectivity index (χ1v) is 6.91. The molecule has 0 bridgehead atoms. The number of piperazine rings is 1. The van der Waals surface area contributed by atoms with Gasteiger partial charge in [-0.1, -0.05) is 6.92 Å². The molecule has 1 aromatic heterocycles. The van der Waals surface area contributed by atoms with Crippen LogP contribution in [0.1, 0.15) is 19.2 Å². The molecule has 18 heavy (non-hydrogen) atoms. The van der Waals surface area contributed by atoms with Gasteiger partial charge < -0.3 is 10.0 Å². The number of aryl methyl sites for hydroxylation is 1. The number of hydrogen-bond donors (Lipinski definition) is 1. The van der Waals surface area contributed by atoms with Gasteiger partial charge in [-0.25, -0.2) is 4.98 Å². The molecule has 1 aromatic rings. The lowest BCUT2D eigenvalue weighted by Crippen LogP contribution is -2.52. The second-order valence-electron chi connectivity index (χ2n) is 4.41. The summed E-state index contributed by atoms with van der Waals surface area (Å²) in [5.41, 5.74) is 0. The molecule has 1 fully saturated rings. The average Bonchev–Trinajstić information content (AvgIpc) is 2.77. The van der Waals surface area contributed by atoms with Crippen LogP contribution >= 0.6 is 11.5 Å². The maximum absolute atomic E-state index is 11.1. The highest BCUT2D eigenvalue weighted by Crippen LogP contribution is 2.19. The molecule has 1 aliphatic rings. The summed E-state index contributed by atoms with van der Waals surface area (Å²) in [6.45, 7) is 6.97. The number of hydrogen-bond acceptors (Lipinski definition) is 6. The van der Waals surface area contributed by atoms with Crippen molar-refractivity contribution in [3.8, 4) is 0 Å². The van der Waals surface area contributed by atoms with E-state index >= 15 is 0 Å².